The summed E-state index contributed by atoms with van der Waals surface area (Å²) in [5.41, 5.74) is 0.941. The van der Waals surface area contributed by atoms with Crippen molar-refractivity contribution in [2.45, 2.75) is 33.4 Å². The minimum atomic E-state index is -2.78. The Morgan fingerprint density at radius 3 is 2.35 bits per heavy atom. The van der Waals surface area contributed by atoms with E-state index < -0.39 is 6.61 Å². The Labute approximate surface area is 101 Å². The number of nitrogens with one attached hydrogen (secondary N) is 1. The fourth-order valence-corrected chi connectivity index (χ4v) is 1.97. The molecule has 1 atom stereocenters. The van der Waals surface area contributed by atoms with Gasteiger partial charge in [-0.25, -0.2) is 0 Å². The van der Waals surface area contributed by atoms with Crippen LogP contribution in [0.1, 0.15) is 32.4 Å². The van der Waals surface area contributed by atoms with Gasteiger partial charge in [-0.2, -0.15) is 8.78 Å². The second-order valence-electron chi connectivity index (χ2n) is 5.04. The van der Waals surface area contributed by atoms with Crippen LogP contribution in [0.5, 0.6) is 5.75 Å². The van der Waals surface area contributed by atoms with E-state index in [0.29, 0.717) is 0 Å². The average Bonchev–Trinajstić information content (AvgIpc) is 2.15. The normalized spacial score (nSPS) is 13.8. The number of hydrogen-bond acceptors (Lipinski definition) is 2. The number of hydrogen-bond donors (Lipinski definition) is 1. The van der Waals surface area contributed by atoms with E-state index in [1.807, 2.05) is 13.1 Å². The van der Waals surface area contributed by atoms with Crippen LogP contribution in [-0.2, 0) is 0 Å². The zero-order valence-corrected chi connectivity index (χ0v) is 10.6. The third-order valence-electron chi connectivity index (χ3n) is 2.57. The minimum Gasteiger partial charge on any atom is -0.435 e. The van der Waals surface area contributed by atoms with Crippen LogP contribution in [0.25, 0.3) is 0 Å². The van der Waals surface area contributed by atoms with Crippen molar-refractivity contribution in [2.24, 2.45) is 5.41 Å². The lowest BCUT2D eigenvalue weighted by molar-refractivity contribution is -0.0499. The molecule has 0 aliphatic rings. The highest BCUT2D eigenvalue weighted by Crippen LogP contribution is 2.33. The van der Waals surface area contributed by atoms with E-state index in [4.69, 9.17) is 0 Å². The van der Waals surface area contributed by atoms with E-state index >= 15 is 0 Å². The van der Waals surface area contributed by atoms with E-state index in [2.05, 4.69) is 30.8 Å². The third-order valence-corrected chi connectivity index (χ3v) is 2.57. The Morgan fingerprint density at radius 2 is 1.88 bits per heavy atom. The number of ether oxygens (including phenoxy) is 1. The summed E-state index contributed by atoms with van der Waals surface area (Å²) < 4.78 is 28.7. The largest absolute Gasteiger partial charge is 0.435 e. The molecule has 1 N–H and O–H groups in total. The summed E-state index contributed by atoms with van der Waals surface area (Å²) in [5, 5.41) is 3.20. The highest BCUT2D eigenvalue weighted by Gasteiger charge is 2.24. The monoisotopic (exact) mass is 243 g/mol. The zero-order valence-electron chi connectivity index (χ0n) is 10.6. The predicted molar refractivity (Wildman–Crippen MR) is 64.3 cm³/mol. The molecule has 1 aromatic carbocycles. The van der Waals surface area contributed by atoms with Crippen molar-refractivity contribution in [2.75, 3.05) is 7.05 Å². The number of rotatable bonds is 4. The van der Waals surface area contributed by atoms with Crippen LogP contribution in [0.3, 0.4) is 0 Å². The number of benzene rings is 1. The smallest absolute Gasteiger partial charge is 0.387 e. The molecule has 1 rings (SSSR count). The van der Waals surface area contributed by atoms with Gasteiger partial charge in [-0.15, -0.1) is 0 Å². The van der Waals surface area contributed by atoms with E-state index in [9.17, 15) is 8.78 Å². The molecule has 1 aromatic rings. The molecule has 0 radical (unpaired) electrons. The van der Waals surface area contributed by atoms with Crippen LogP contribution in [-0.4, -0.2) is 13.7 Å². The molecule has 0 fully saturated rings. The van der Waals surface area contributed by atoms with Crippen LogP contribution >= 0.6 is 0 Å². The van der Waals surface area contributed by atoms with Gasteiger partial charge in [-0.05, 0) is 30.2 Å². The lowest BCUT2D eigenvalue weighted by atomic mass is 9.82. The standard InChI is InChI=1S/C13H19F2NO/c1-13(2,3)11(16-4)9-6-5-7-10(8-9)17-12(14)15/h5-8,11-12,16H,1-4H3. The van der Waals surface area contributed by atoms with E-state index in [1.54, 1.807) is 12.1 Å². The van der Waals surface area contributed by atoms with Crippen molar-refractivity contribution < 1.29 is 13.5 Å². The predicted octanol–water partition coefficient (Wildman–Crippen LogP) is 3.59. The Bertz CT molecular complexity index is 361. The van der Waals surface area contributed by atoms with Crippen molar-refractivity contribution in [3.8, 4) is 5.75 Å². The van der Waals surface area contributed by atoms with E-state index in [0.717, 1.165) is 5.56 Å². The van der Waals surface area contributed by atoms with Crippen molar-refractivity contribution in [3.05, 3.63) is 29.8 Å². The summed E-state index contributed by atoms with van der Waals surface area (Å²) in [6.45, 7) is 3.49. The maximum Gasteiger partial charge on any atom is 0.387 e. The quantitative estimate of drug-likeness (QED) is 0.872. The fourth-order valence-electron chi connectivity index (χ4n) is 1.97. The molecule has 0 saturated heterocycles. The van der Waals surface area contributed by atoms with Gasteiger partial charge in [-0.1, -0.05) is 32.9 Å². The van der Waals surface area contributed by atoms with Crippen LogP contribution in [0, 0.1) is 5.41 Å². The summed E-state index contributed by atoms with van der Waals surface area (Å²) in [5.74, 6) is 0.196. The van der Waals surface area contributed by atoms with Crippen molar-refractivity contribution >= 4 is 0 Å². The summed E-state index contributed by atoms with van der Waals surface area (Å²) in [4.78, 5) is 0. The van der Waals surface area contributed by atoms with E-state index in [1.165, 1.54) is 6.07 Å². The Morgan fingerprint density at radius 1 is 1.24 bits per heavy atom. The van der Waals surface area contributed by atoms with Gasteiger partial charge in [0.15, 0.2) is 0 Å². The molecule has 96 valence electrons. The molecular weight excluding hydrogens is 224 g/mol. The van der Waals surface area contributed by atoms with Gasteiger partial charge in [0.25, 0.3) is 0 Å². The highest BCUT2D eigenvalue weighted by molar-refractivity contribution is 5.31. The van der Waals surface area contributed by atoms with Crippen molar-refractivity contribution in [1.82, 2.24) is 5.32 Å². The molecular formula is C13H19F2NO. The molecule has 1 unspecified atom stereocenters. The minimum absolute atomic E-state index is 0.00178. The molecule has 0 aliphatic heterocycles. The Hall–Kier alpha value is -1.16. The van der Waals surface area contributed by atoms with E-state index in [-0.39, 0.29) is 17.2 Å². The molecule has 4 heteroatoms. The lowest BCUT2D eigenvalue weighted by Gasteiger charge is -2.31. The van der Waals surface area contributed by atoms with Crippen LogP contribution in [0.15, 0.2) is 24.3 Å². The van der Waals surface area contributed by atoms with Crippen molar-refractivity contribution in [1.29, 1.82) is 0 Å². The van der Waals surface area contributed by atoms with Gasteiger partial charge in [0.2, 0.25) is 0 Å². The fraction of sp³-hybridized carbons (Fsp3) is 0.538. The third kappa shape index (κ3) is 3.97. The lowest BCUT2D eigenvalue weighted by Crippen LogP contribution is -2.29. The SMILES string of the molecule is CNC(c1cccc(OC(F)F)c1)C(C)(C)C. The first kappa shape index (κ1) is 13.9. The average molecular weight is 243 g/mol. The number of halogens is 2. The molecule has 0 heterocycles. The topological polar surface area (TPSA) is 21.3 Å². The highest BCUT2D eigenvalue weighted by atomic mass is 19.3. The molecule has 0 bridgehead atoms. The summed E-state index contributed by atoms with van der Waals surface area (Å²) >= 11 is 0. The second kappa shape index (κ2) is 5.45. The van der Waals surface area contributed by atoms with Crippen LogP contribution in [0.4, 0.5) is 8.78 Å². The first-order valence-electron chi connectivity index (χ1n) is 5.56. The van der Waals surface area contributed by atoms with Gasteiger partial charge in [0, 0.05) is 6.04 Å². The molecule has 0 aromatic heterocycles. The van der Waals surface area contributed by atoms with Gasteiger partial charge in [-0.3, -0.25) is 0 Å². The van der Waals surface area contributed by atoms with Crippen molar-refractivity contribution in [3.63, 3.8) is 0 Å². The Kier molecular flexibility index (Phi) is 4.46. The van der Waals surface area contributed by atoms with Crippen LogP contribution < -0.4 is 10.1 Å². The summed E-state index contributed by atoms with van der Waals surface area (Å²) in [6.07, 6.45) is 0. The molecule has 0 aliphatic carbocycles. The summed E-state index contributed by atoms with van der Waals surface area (Å²) in [6, 6.07) is 6.90. The first-order valence-corrected chi connectivity index (χ1v) is 5.56. The number of alkyl halides is 2. The zero-order chi connectivity index (χ0) is 13.1. The summed E-state index contributed by atoms with van der Waals surface area (Å²) in [7, 11) is 1.86. The maximum atomic E-state index is 12.1. The van der Waals surface area contributed by atoms with Gasteiger partial charge in [0.1, 0.15) is 5.75 Å². The van der Waals surface area contributed by atoms with Gasteiger partial charge >= 0.3 is 6.61 Å². The molecule has 0 amide bonds. The Balaban J connectivity index is 2.97. The van der Waals surface area contributed by atoms with Gasteiger partial charge < -0.3 is 10.1 Å². The second-order valence-corrected chi connectivity index (χ2v) is 5.04. The molecule has 2 nitrogen and oxygen atoms in total. The van der Waals surface area contributed by atoms with Crippen LogP contribution in [0.2, 0.25) is 0 Å². The first-order chi connectivity index (χ1) is 7.84. The van der Waals surface area contributed by atoms with Gasteiger partial charge in [0.05, 0.1) is 0 Å². The maximum absolute atomic E-state index is 12.1. The molecule has 0 spiro atoms. The molecule has 17 heavy (non-hydrogen) atoms. The molecule has 0 saturated carbocycles.